The van der Waals surface area contributed by atoms with E-state index in [9.17, 15) is 38.4 Å². The van der Waals surface area contributed by atoms with Crippen LogP contribution in [0.25, 0.3) is 88.7 Å². The molecule has 8 N–H and O–H groups in total. The Labute approximate surface area is 803 Å². The minimum atomic E-state index is -1.06. The number of halogens is 1. The van der Waals surface area contributed by atoms with Crippen molar-refractivity contribution < 1.29 is 76.5 Å². The lowest BCUT2D eigenvalue weighted by Crippen LogP contribution is -2.51. The van der Waals surface area contributed by atoms with Crippen LogP contribution in [0.5, 0.6) is 0 Å². The van der Waals surface area contributed by atoms with Crippen LogP contribution >= 0.6 is 15.9 Å². The van der Waals surface area contributed by atoms with Crippen molar-refractivity contribution in [3.05, 3.63) is 198 Å². The van der Waals surface area contributed by atoms with Gasteiger partial charge in [0.1, 0.15) is 57.2 Å². The molecule has 0 bridgehead atoms. The van der Waals surface area contributed by atoms with Gasteiger partial charge in [-0.15, -0.1) is 0 Å². The van der Waals surface area contributed by atoms with E-state index in [1.54, 1.807) is 29.8 Å². The number of alkyl carbamates (subject to hydrolysis) is 3. The minimum absolute atomic E-state index is 0.00819. The third kappa shape index (κ3) is 23.6. The molecule has 136 heavy (non-hydrogen) atoms. The van der Waals surface area contributed by atoms with E-state index in [-0.39, 0.29) is 65.9 Å². The maximum atomic E-state index is 13.6. The molecule has 5 aliphatic heterocycles. The molecule has 16 rings (SSSR count). The summed E-state index contributed by atoms with van der Waals surface area (Å²) < 4.78 is 38.5. The number of hydrogen-bond acceptors (Lipinski definition) is 19. The second-order valence-electron chi connectivity index (χ2n) is 38.9. The number of fused-ring (bicyclic) bond motifs is 2. The van der Waals surface area contributed by atoms with Gasteiger partial charge in [0, 0.05) is 26.2 Å². The van der Waals surface area contributed by atoms with E-state index >= 15 is 0 Å². The number of hydrogen-bond donors (Lipinski definition) is 8. The van der Waals surface area contributed by atoms with E-state index in [0.717, 1.165) is 180 Å². The summed E-state index contributed by atoms with van der Waals surface area (Å²) in [6, 6.07) is 48.1. The Morgan fingerprint density at radius 1 is 0.412 bits per heavy atom. The van der Waals surface area contributed by atoms with Crippen molar-refractivity contribution in [1.82, 2.24) is 75.4 Å². The molecule has 4 aromatic heterocycles. The minimum Gasteiger partial charge on any atom is -0.480 e. The van der Waals surface area contributed by atoms with Gasteiger partial charge in [0.15, 0.2) is 0 Å². The highest BCUT2D eigenvalue weighted by Gasteiger charge is 2.52. The first kappa shape index (κ1) is 101. The molecular formula is C103H127BBrN15O16. The smallest absolute Gasteiger partial charge is 0.480 e. The van der Waals surface area contributed by atoms with E-state index in [2.05, 4.69) is 240 Å². The Bertz CT molecular complexity index is 5860. The second kappa shape index (κ2) is 43.0. The third-order valence-electron chi connectivity index (χ3n) is 25.5. The number of amides is 7. The van der Waals surface area contributed by atoms with E-state index < -0.39 is 71.9 Å². The Hall–Kier alpha value is -12.9. The molecule has 720 valence electrons. The number of aromatic nitrogens is 8. The lowest BCUT2D eigenvalue weighted by molar-refractivity contribution is -0.140. The number of imidazole rings is 4. The van der Waals surface area contributed by atoms with Gasteiger partial charge in [0.05, 0.1) is 98.6 Å². The van der Waals surface area contributed by atoms with Gasteiger partial charge in [0.2, 0.25) is 11.8 Å². The van der Waals surface area contributed by atoms with Gasteiger partial charge in [-0.05, 0) is 231 Å². The Morgan fingerprint density at radius 2 is 0.699 bits per heavy atom. The van der Waals surface area contributed by atoms with Crippen molar-refractivity contribution in [3.63, 3.8) is 0 Å². The van der Waals surface area contributed by atoms with Crippen LogP contribution < -0.4 is 21.4 Å². The molecule has 5 fully saturated rings. The summed E-state index contributed by atoms with van der Waals surface area (Å²) in [7, 11) is 3.36. The number of methoxy groups -OCH3 is 3. The Balaban J connectivity index is 0.000000184. The van der Waals surface area contributed by atoms with Crippen LogP contribution in [0.3, 0.4) is 0 Å². The third-order valence-corrected chi connectivity index (χ3v) is 25.9. The highest BCUT2D eigenvalue weighted by Crippen LogP contribution is 2.43. The zero-order chi connectivity index (χ0) is 98.0. The molecule has 0 spiro atoms. The standard InChI is InChI=1S/C50H56N8O6.C34H40BN3O4.C12H18BrN3O2.C7H13NO4/c1-29(2)43(55-49(61)63-5)47(59)57-25-9-15-41(57)45-51-27-39(53-45)33-21-17-31(18-22-33)35-11-7-14-38-36(12-8-13-37(35)38)32-19-23-34(24-20-32)40-28-52-46(54-40)42-16-10-26-58(42)48(60)44(30(3)4)56-50(62)64-6;1-32(2,3)40-31(39)38-20-10-15-29(38)30-36-21-28(37-30)23-18-16-22(17-19-23)24-11-8-13-26-25(24)12-9-14-27(26)35-41-33(4,5)34(6,7)42-35;1-12(2,3)18-11(17)16-6-4-5-8(16)10-14-7-9(13)15-10;1-4(2)5(6(9)10)8-7(11)12-3/h7-8,11-14,17-24,27-30,41-44H,9-10,15-16,25-26H2,1-6H3,(H,51,53)(H,52,54)(H,55,61)(H,56,62);8-9,11-14,16-19,21,29H,10,15,20H2,1-7H3,(H,36,37);7-8H,4-6H2,1-3H3,(H,14,15);4-5H,1-3H3,(H,8,11)(H,9,10)/t41-,42-,43-,44-;29-;8-;5-/m0000/s1. The van der Waals surface area contributed by atoms with Gasteiger partial charge >= 0.3 is 43.6 Å². The van der Waals surface area contributed by atoms with Crippen LogP contribution in [0.15, 0.2) is 175 Å². The fourth-order valence-corrected chi connectivity index (χ4v) is 18.1. The van der Waals surface area contributed by atoms with E-state index in [4.69, 9.17) is 43.3 Å². The van der Waals surface area contributed by atoms with Gasteiger partial charge in [-0.1, -0.05) is 187 Å². The molecule has 7 atom stereocenters. The second-order valence-corrected chi connectivity index (χ2v) is 39.7. The number of aromatic amines is 4. The molecule has 31 nitrogen and oxygen atoms in total. The molecule has 7 amide bonds. The molecule has 0 unspecified atom stereocenters. The maximum Gasteiger partial charge on any atom is 0.495 e. The van der Waals surface area contributed by atoms with E-state index in [1.165, 1.54) is 21.3 Å². The van der Waals surface area contributed by atoms with E-state index in [1.807, 2.05) is 97.6 Å². The zero-order valence-electron chi connectivity index (χ0n) is 81.0. The zero-order valence-corrected chi connectivity index (χ0v) is 82.6. The van der Waals surface area contributed by atoms with E-state index in [0.29, 0.717) is 19.6 Å². The van der Waals surface area contributed by atoms with Crippen LogP contribution in [0.4, 0.5) is 24.0 Å². The summed E-state index contributed by atoms with van der Waals surface area (Å²) in [6.45, 7) is 33.2. The number of benzene rings is 7. The normalized spacial score (nSPS) is 18.0. The van der Waals surface area contributed by atoms with Gasteiger partial charge in [-0.3, -0.25) is 19.4 Å². The molecule has 5 saturated heterocycles. The van der Waals surface area contributed by atoms with Gasteiger partial charge in [-0.2, -0.15) is 0 Å². The molecule has 0 aliphatic carbocycles. The number of ether oxygens (including phenoxy) is 5. The summed E-state index contributed by atoms with van der Waals surface area (Å²) >= 11 is 3.33. The predicted molar refractivity (Wildman–Crippen MR) is 526 cm³/mol. The van der Waals surface area contributed by atoms with Gasteiger partial charge < -0.3 is 83.8 Å². The first-order valence-corrected chi connectivity index (χ1v) is 47.4. The largest absolute Gasteiger partial charge is 0.495 e. The van der Waals surface area contributed by atoms with Crippen molar-refractivity contribution in [2.45, 2.75) is 227 Å². The number of aliphatic carboxylic acids is 1. The van der Waals surface area contributed by atoms with Crippen molar-refractivity contribution in [2.24, 2.45) is 17.8 Å². The SMILES string of the molecule is CC(C)(C)OC(=O)N1CCC[C@H]1c1ncc(-c2ccc(-c3cccc4c(B5OC(C)(C)C(C)(C)O5)cccc34)cc2)[nH]1.CC(C)(C)OC(=O)N1CCC[C@H]1c1ncc(Br)[nH]1.COC(=O)N[C@H](C(=O)N1CCC[C@H]1c1ncc(-c2ccc(-c3cccc4c(-c5ccc(-c6cnc([C@@H]7CCCN7C(=O)[C@@H](NC(=O)OC)C(C)C)[nH]6)cc5)cccc34)cc2)[nH]1)C(C)C.COC(=O)N[C@H](C(=O)O)C(C)C. The van der Waals surface area contributed by atoms with Crippen molar-refractivity contribution in [2.75, 3.05) is 47.5 Å². The lowest BCUT2D eigenvalue weighted by Gasteiger charge is -2.32. The maximum absolute atomic E-state index is 13.6. The molecule has 9 heterocycles. The highest BCUT2D eigenvalue weighted by atomic mass is 79.9. The van der Waals surface area contributed by atoms with Crippen molar-refractivity contribution in [3.8, 4) is 67.2 Å². The van der Waals surface area contributed by atoms with Crippen LogP contribution in [0.1, 0.15) is 210 Å². The number of carbonyl (C=O) groups excluding carboxylic acids is 7. The fraction of sp³-hybridized carbons (Fsp3) is 0.437. The first-order valence-electron chi connectivity index (χ1n) is 46.6. The molecule has 5 aliphatic rings. The molecule has 0 saturated carbocycles. The van der Waals surface area contributed by atoms with Crippen LogP contribution in [-0.2, 0) is 47.4 Å². The summed E-state index contributed by atoms with van der Waals surface area (Å²) in [6.07, 6.45) is 11.6. The number of carboxylic acids is 1. The fourth-order valence-electron chi connectivity index (χ4n) is 17.8. The number of nitrogens with one attached hydrogen (secondary N) is 7. The van der Waals surface area contributed by atoms with Crippen LogP contribution in [0.2, 0.25) is 0 Å². The number of carboxylic acid groups (broad SMARTS) is 1. The summed E-state index contributed by atoms with van der Waals surface area (Å²) in [5.41, 5.74) is 11.6. The van der Waals surface area contributed by atoms with Crippen LogP contribution in [0, 0.1) is 17.8 Å². The number of carbonyl (C=O) groups is 8. The average molecular weight is 1920 g/mol. The molecule has 0 radical (unpaired) electrons. The van der Waals surface area contributed by atoms with Crippen molar-refractivity contribution in [1.29, 1.82) is 0 Å². The monoisotopic (exact) mass is 1920 g/mol. The van der Waals surface area contributed by atoms with Crippen LogP contribution in [-0.4, -0.2) is 208 Å². The first-order chi connectivity index (χ1) is 64.6. The number of rotatable bonds is 20. The average Bonchev–Trinajstić information content (AvgIpc) is 1.56. The highest BCUT2D eigenvalue weighted by molar-refractivity contribution is 9.10. The molecule has 33 heteroatoms. The molecular weight excluding hydrogens is 1790 g/mol. The van der Waals surface area contributed by atoms with Gasteiger partial charge in [0.25, 0.3) is 0 Å². The Kier molecular flexibility index (Phi) is 31.8. The van der Waals surface area contributed by atoms with Crippen molar-refractivity contribution >= 4 is 98.3 Å². The Morgan fingerprint density at radius 3 is 1.01 bits per heavy atom. The lowest BCUT2D eigenvalue weighted by atomic mass is 9.75. The number of likely N-dealkylation sites (tertiary alicyclic amines) is 4. The summed E-state index contributed by atoms with van der Waals surface area (Å²) in [5, 5.41) is 20.8. The topological polar surface area (TPSA) is 385 Å². The summed E-state index contributed by atoms with van der Waals surface area (Å²) in [4.78, 5) is 136. The number of H-pyrrole nitrogens is 4. The predicted octanol–water partition coefficient (Wildman–Crippen LogP) is 20.0. The molecule has 7 aromatic carbocycles. The summed E-state index contributed by atoms with van der Waals surface area (Å²) in [5.74, 6) is 1.34. The number of nitrogens with zero attached hydrogens (tertiary/aromatic N) is 8. The quantitative estimate of drug-likeness (QED) is 0.0259. The molecule has 11 aromatic rings. The van der Waals surface area contributed by atoms with Gasteiger partial charge in [-0.25, -0.2) is 48.7 Å².